The van der Waals surface area contributed by atoms with Gasteiger partial charge in [0.1, 0.15) is 11.5 Å². The van der Waals surface area contributed by atoms with Crippen LogP contribution in [0.3, 0.4) is 0 Å². The van der Waals surface area contributed by atoms with Crippen LogP contribution in [0.15, 0.2) is 36.4 Å². The minimum atomic E-state index is -0.320. The molecule has 0 aliphatic carbocycles. The lowest BCUT2D eigenvalue weighted by Gasteiger charge is -2.09. The maximum absolute atomic E-state index is 12.1. The number of nitrogen functional groups attached to an aromatic ring is 2. The molecule has 0 saturated heterocycles. The molecule has 0 saturated carbocycles. The van der Waals surface area contributed by atoms with Crippen LogP contribution in [0, 0.1) is 0 Å². The van der Waals surface area contributed by atoms with Crippen molar-refractivity contribution in [1.82, 2.24) is 0 Å². The number of hydrogen-bond donors (Lipinski definition) is 4. The van der Waals surface area contributed by atoms with Gasteiger partial charge in [-0.15, -0.1) is 0 Å². The first kappa shape index (κ1) is 11.8. The molecular formula is C13H12N2O3. The number of rotatable bonds is 2. The van der Waals surface area contributed by atoms with Crippen LogP contribution < -0.4 is 11.5 Å². The highest BCUT2D eigenvalue weighted by Gasteiger charge is 2.15. The summed E-state index contributed by atoms with van der Waals surface area (Å²) in [6, 6.07) is 8.52. The van der Waals surface area contributed by atoms with E-state index in [1.807, 2.05) is 0 Å². The predicted molar refractivity (Wildman–Crippen MR) is 68.5 cm³/mol. The zero-order chi connectivity index (χ0) is 13.3. The number of phenolic OH excluding ortho intramolecular Hbond substituents is 2. The van der Waals surface area contributed by atoms with Gasteiger partial charge in [-0.2, -0.15) is 0 Å². The molecule has 0 heterocycles. The monoisotopic (exact) mass is 244 g/mol. The SMILES string of the molecule is Nc1c(O)ccc(C(=O)c2ccc(O)cc2)c1N. The summed E-state index contributed by atoms with van der Waals surface area (Å²) in [6.45, 7) is 0. The third-order valence-corrected chi connectivity index (χ3v) is 2.64. The van der Waals surface area contributed by atoms with E-state index in [0.29, 0.717) is 5.56 Å². The van der Waals surface area contributed by atoms with Gasteiger partial charge >= 0.3 is 0 Å². The van der Waals surface area contributed by atoms with E-state index in [4.69, 9.17) is 16.6 Å². The lowest BCUT2D eigenvalue weighted by Crippen LogP contribution is -2.07. The molecule has 92 valence electrons. The average molecular weight is 244 g/mol. The summed E-state index contributed by atoms with van der Waals surface area (Å²) in [5, 5.41) is 18.5. The van der Waals surface area contributed by atoms with Crippen molar-refractivity contribution in [3.63, 3.8) is 0 Å². The summed E-state index contributed by atoms with van der Waals surface area (Å²) in [5.41, 5.74) is 11.9. The third-order valence-electron chi connectivity index (χ3n) is 2.64. The number of nitrogens with two attached hydrogens (primary N) is 2. The number of benzene rings is 2. The first-order valence-electron chi connectivity index (χ1n) is 5.21. The Kier molecular flexibility index (Phi) is 2.81. The van der Waals surface area contributed by atoms with Gasteiger partial charge in [0, 0.05) is 11.1 Å². The van der Waals surface area contributed by atoms with E-state index in [0.717, 1.165) is 0 Å². The predicted octanol–water partition coefficient (Wildman–Crippen LogP) is 1.49. The van der Waals surface area contributed by atoms with Crippen molar-refractivity contribution in [1.29, 1.82) is 0 Å². The van der Waals surface area contributed by atoms with Gasteiger partial charge in [0.15, 0.2) is 5.78 Å². The Morgan fingerprint density at radius 3 is 2.11 bits per heavy atom. The van der Waals surface area contributed by atoms with E-state index in [2.05, 4.69) is 0 Å². The van der Waals surface area contributed by atoms with Crippen LogP contribution in [0.4, 0.5) is 11.4 Å². The highest BCUT2D eigenvalue weighted by Crippen LogP contribution is 2.30. The van der Waals surface area contributed by atoms with Crippen LogP contribution in [-0.2, 0) is 0 Å². The second-order valence-electron chi connectivity index (χ2n) is 3.84. The highest BCUT2D eigenvalue weighted by molar-refractivity contribution is 6.13. The maximum atomic E-state index is 12.1. The van der Waals surface area contributed by atoms with Gasteiger partial charge in [0.25, 0.3) is 0 Å². The molecule has 0 amide bonds. The molecular weight excluding hydrogens is 232 g/mol. The number of carbonyl (C=O) groups is 1. The van der Waals surface area contributed by atoms with Crippen molar-refractivity contribution in [2.75, 3.05) is 11.5 Å². The number of ketones is 1. The summed E-state index contributed by atoms with van der Waals surface area (Å²) < 4.78 is 0. The molecule has 0 atom stereocenters. The van der Waals surface area contributed by atoms with Crippen molar-refractivity contribution in [2.24, 2.45) is 0 Å². The molecule has 2 aromatic carbocycles. The van der Waals surface area contributed by atoms with Gasteiger partial charge in [0.05, 0.1) is 11.4 Å². The highest BCUT2D eigenvalue weighted by atomic mass is 16.3. The smallest absolute Gasteiger partial charge is 0.195 e. The molecule has 2 aromatic rings. The van der Waals surface area contributed by atoms with Gasteiger partial charge in [0.2, 0.25) is 0 Å². The summed E-state index contributed by atoms with van der Waals surface area (Å²) in [6.07, 6.45) is 0. The van der Waals surface area contributed by atoms with Crippen LogP contribution in [0.25, 0.3) is 0 Å². The first-order chi connectivity index (χ1) is 8.50. The summed E-state index contributed by atoms with van der Waals surface area (Å²) >= 11 is 0. The molecule has 0 fully saturated rings. The summed E-state index contributed by atoms with van der Waals surface area (Å²) in [7, 11) is 0. The lowest BCUT2D eigenvalue weighted by molar-refractivity contribution is 0.103. The van der Waals surface area contributed by atoms with Crippen LogP contribution in [0.1, 0.15) is 15.9 Å². The number of carbonyl (C=O) groups excluding carboxylic acids is 1. The standard InChI is InChI=1S/C13H12N2O3/c14-11-9(5-6-10(17)12(11)15)13(18)7-1-3-8(16)4-2-7/h1-6,16-17H,14-15H2. The summed E-state index contributed by atoms with van der Waals surface area (Å²) in [5.74, 6) is -0.404. The normalized spacial score (nSPS) is 10.2. The Morgan fingerprint density at radius 1 is 0.889 bits per heavy atom. The largest absolute Gasteiger partial charge is 0.508 e. The molecule has 2 rings (SSSR count). The second kappa shape index (κ2) is 4.29. The molecule has 0 unspecified atom stereocenters. The van der Waals surface area contributed by atoms with Crippen LogP contribution in [-0.4, -0.2) is 16.0 Å². The second-order valence-corrected chi connectivity index (χ2v) is 3.84. The lowest BCUT2D eigenvalue weighted by atomic mass is 10.0. The van der Waals surface area contributed by atoms with Gasteiger partial charge in [-0.05, 0) is 36.4 Å². The van der Waals surface area contributed by atoms with E-state index in [-0.39, 0.29) is 34.2 Å². The molecule has 0 aliphatic heterocycles. The van der Waals surface area contributed by atoms with Gasteiger partial charge in [-0.1, -0.05) is 0 Å². The molecule has 0 radical (unpaired) electrons. The quantitative estimate of drug-likeness (QED) is 0.363. The minimum Gasteiger partial charge on any atom is -0.508 e. The van der Waals surface area contributed by atoms with Gasteiger partial charge < -0.3 is 21.7 Å². The van der Waals surface area contributed by atoms with Crippen LogP contribution in [0.2, 0.25) is 0 Å². The number of hydrogen-bond acceptors (Lipinski definition) is 5. The van der Waals surface area contributed by atoms with Crippen LogP contribution in [0.5, 0.6) is 11.5 Å². The maximum Gasteiger partial charge on any atom is 0.195 e. The van der Waals surface area contributed by atoms with E-state index in [9.17, 15) is 9.90 Å². The first-order valence-corrected chi connectivity index (χ1v) is 5.21. The van der Waals surface area contributed by atoms with E-state index < -0.39 is 0 Å². The van der Waals surface area contributed by atoms with E-state index in [1.54, 1.807) is 0 Å². The topological polar surface area (TPSA) is 110 Å². The van der Waals surface area contributed by atoms with Gasteiger partial charge in [-0.3, -0.25) is 4.79 Å². The molecule has 0 spiro atoms. The fourth-order valence-corrected chi connectivity index (χ4v) is 1.59. The fourth-order valence-electron chi connectivity index (χ4n) is 1.59. The van der Waals surface area contributed by atoms with Crippen molar-refractivity contribution >= 4 is 17.2 Å². The minimum absolute atomic E-state index is 0.0142. The van der Waals surface area contributed by atoms with Crippen molar-refractivity contribution in [3.05, 3.63) is 47.5 Å². The number of anilines is 2. The Morgan fingerprint density at radius 2 is 1.50 bits per heavy atom. The Bertz CT molecular complexity index is 606. The van der Waals surface area contributed by atoms with Crippen LogP contribution >= 0.6 is 0 Å². The summed E-state index contributed by atoms with van der Waals surface area (Å²) in [4.78, 5) is 12.1. The average Bonchev–Trinajstić information content (AvgIpc) is 2.36. The van der Waals surface area contributed by atoms with Crippen molar-refractivity contribution in [2.45, 2.75) is 0 Å². The molecule has 5 nitrogen and oxygen atoms in total. The zero-order valence-corrected chi connectivity index (χ0v) is 9.42. The molecule has 6 N–H and O–H groups in total. The third kappa shape index (κ3) is 1.93. The fraction of sp³-hybridized carbons (Fsp3) is 0. The Hall–Kier alpha value is -2.69. The molecule has 0 aromatic heterocycles. The van der Waals surface area contributed by atoms with Crippen molar-refractivity contribution in [3.8, 4) is 11.5 Å². The molecule has 0 aliphatic rings. The number of phenols is 2. The molecule has 5 heteroatoms. The zero-order valence-electron chi connectivity index (χ0n) is 9.42. The van der Waals surface area contributed by atoms with Gasteiger partial charge in [-0.25, -0.2) is 0 Å². The molecule has 18 heavy (non-hydrogen) atoms. The van der Waals surface area contributed by atoms with Crippen molar-refractivity contribution < 1.29 is 15.0 Å². The molecule has 0 bridgehead atoms. The van der Waals surface area contributed by atoms with E-state index >= 15 is 0 Å². The Labute approximate surface area is 103 Å². The Balaban J connectivity index is 2.46. The van der Waals surface area contributed by atoms with E-state index in [1.165, 1.54) is 36.4 Å². The number of aromatic hydroxyl groups is 2.